The molecule has 1 fully saturated rings. The molecule has 0 radical (unpaired) electrons. The summed E-state index contributed by atoms with van der Waals surface area (Å²) in [4.78, 5) is 3.50. The Labute approximate surface area is 102 Å². The van der Waals surface area contributed by atoms with Crippen molar-refractivity contribution in [3.8, 4) is 0 Å². The zero-order valence-electron chi connectivity index (χ0n) is 11.1. The van der Waals surface area contributed by atoms with E-state index < -0.39 is 12.2 Å². The van der Waals surface area contributed by atoms with E-state index in [0.717, 1.165) is 6.54 Å². The zero-order valence-corrected chi connectivity index (χ0v) is 11.1. The van der Waals surface area contributed by atoms with Gasteiger partial charge in [0.2, 0.25) is 0 Å². The monoisotopic (exact) mass is 252 g/mol. The first kappa shape index (κ1) is 14.8. The van der Waals surface area contributed by atoms with Crippen molar-refractivity contribution in [2.24, 2.45) is 5.92 Å². The van der Waals surface area contributed by atoms with Gasteiger partial charge in [-0.15, -0.1) is 0 Å². The van der Waals surface area contributed by atoms with Gasteiger partial charge in [-0.05, 0) is 19.8 Å². The molecule has 102 valence electrons. The van der Waals surface area contributed by atoms with Crippen LogP contribution in [0.3, 0.4) is 0 Å². The largest absolute Gasteiger partial charge is 0.405 e. The van der Waals surface area contributed by atoms with E-state index in [-0.39, 0.29) is 18.5 Å². The summed E-state index contributed by atoms with van der Waals surface area (Å²) >= 11 is 0. The summed E-state index contributed by atoms with van der Waals surface area (Å²) in [7, 11) is 0. The first-order valence-electron chi connectivity index (χ1n) is 6.26. The second kappa shape index (κ2) is 5.57. The van der Waals surface area contributed by atoms with Crippen molar-refractivity contribution in [1.29, 1.82) is 0 Å². The van der Waals surface area contributed by atoms with Crippen LogP contribution in [-0.2, 0) is 0 Å². The predicted octanol–water partition coefficient (Wildman–Crippen LogP) is 2.60. The van der Waals surface area contributed by atoms with Crippen molar-refractivity contribution in [2.75, 3.05) is 26.2 Å². The summed E-state index contributed by atoms with van der Waals surface area (Å²) in [5, 5.41) is 0. The predicted molar refractivity (Wildman–Crippen MR) is 63.0 cm³/mol. The third-order valence-electron chi connectivity index (χ3n) is 3.23. The van der Waals surface area contributed by atoms with Crippen LogP contribution in [0.2, 0.25) is 0 Å². The van der Waals surface area contributed by atoms with Gasteiger partial charge in [-0.1, -0.05) is 13.8 Å². The van der Waals surface area contributed by atoms with E-state index in [0.29, 0.717) is 13.1 Å². The topological polar surface area (TPSA) is 6.48 Å². The number of alkyl halides is 3. The lowest BCUT2D eigenvalue weighted by Crippen LogP contribution is -2.60. The molecular formula is C12H23F3N2. The smallest absolute Gasteiger partial charge is 0.298 e. The molecule has 0 amide bonds. The highest BCUT2D eigenvalue weighted by Crippen LogP contribution is 2.29. The zero-order chi connectivity index (χ0) is 13.2. The minimum atomic E-state index is -4.12. The standard InChI is InChI=1S/C12H23F3N2/c1-9(2)7-17-6-5-16(10(3)4)8-11(17)12(13,14)15/h9-11H,5-8H2,1-4H3/t11-/m1/s1. The summed E-state index contributed by atoms with van der Waals surface area (Å²) in [6.45, 7) is 9.70. The summed E-state index contributed by atoms with van der Waals surface area (Å²) in [6, 6.07) is -1.12. The van der Waals surface area contributed by atoms with E-state index in [2.05, 4.69) is 0 Å². The summed E-state index contributed by atoms with van der Waals surface area (Å²) in [5.74, 6) is 0.269. The van der Waals surface area contributed by atoms with Crippen molar-refractivity contribution in [3.63, 3.8) is 0 Å². The van der Waals surface area contributed by atoms with Crippen molar-refractivity contribution >= 4 is 0 Å². The molecule has 1 rings (SSSR count). The molecule has 0 aromatic carbocycles. The van der Waals surface area contributed by atoms with E-state index in [9.17, 15) is 13.2 Å². The average Bonchev–Trinajstić information content (AvgIpc) is 2.15. The molecule has 0 aromatic heterocycles. The quantitative estimate of drug-likeness (QED) is 0.762. The van der Waals surface area contributed by atoms with Crippen molar-refractivity contribution in [2.45, 2.75) is 46.0 Å². The normalized spacial score (nSPS) is 24.9. The molecule has 1 atom stereocenters. The number of piperazine rings is 1. The summed E-state index contributed by atoms with van der Waals surface area (Å²) < 4.78 is 39.0. The van der Waals surface area contributed by atoms with Gasteiger partial charge in [-0.25, -0.2) is 0 Å². The number of halogens is 3. The van der Waals surface area contributed by atoms with Crippen molar-refractivity contribution < 1.29 is 13.2 Å². The molecule has 0 saturated carbocycles. The van der Waals surface area contributed by atoms with Crippen LogP contribution in [-0.4, -0.2) is 54.2 Å². The van der Waals surface area contributed by atoms with E-state index in [1.54, 1.807) is 4.90 Å². The van der Waals surface area contributed by atoms with Crippen LogP contribution in [0.5, 0.6) is 0 Å². The first-order chi connectivity index (χ1) is 7.71. The third-order valence-corrected chi connectivity index (χ3v) is 3.23. The maximum atomic E-state index is 13.0. The van der Waals surface area contributed by atoms with Gasteiger partial charge in [0, 0.05) is 32.2 Å². The summed E-state index contributed by atoms with van der Waals surface area (Å²) in [6.07, 6.45) is -4.12. The van der Waals surface area contributed by atoms with Crippen LogP contribution < -0.4 is 0 Å². The fraction of sp³-hybridized carbons (Fsp3) is 1.00. The molecule has 1 saturated heterocycles. The molecule has 0 N–H and O–H groups in total. The number of hydrogen-bond donors (Lipinski definition) is 0. The Kier molecular flexibility index (Phi) is 4.84. The minimum absolute atomic E-state index is 0.105. The van der Waals surface area contributed by atoms with Crippen LogP contribution in [0, 0.1) is 5.92 Å². The molecule has 1 aliphatic rings. The Morgan fingerprint density at radius 1 is 1.12 bits per heavy atom. The van der Waals surface area contributed by atoms with E-state index in [1.165, 1.54) is 0 Å². The maximum Gasteiger partial charge on any atom is 0.405 e. The highest BCUT2D eigenvalue weighted by molar-refractivity contribution is 4.88. The number of hydrogen-bond acceptors (Lipinski definition) is 2. The molecule has 0 bridgehead atoms. The fourth-order valence-corrected chi connectivity index (χ4v) is 2.31. The van der Waals surface area contributed by atoms with Gasteiger partial charge in [0.1, 0.15) is 6.04 Å². The number of nitrogens with zero attached hydrogens (tertiary/aromatic N) is 2. The molecule has 1 aliphatic heterocycles. The van der Waals surface area contributed by atoms with E-state index in [4.69, 9.17) is 0 Å². The Hall–Kier alpha value is -0.290. The van der Waals surface area contributed by atoms with Gasteiger partial charge in [0.15, 0.2) is 0 Å². The van der Waals surface area contributed by atoms with Crippen LogP contribution in [0.25, 0.3) is 0 Å². The lowest BCUT2D eigenvalue weighted by atomic mass is 10.1. The second-order valence-electron chi connectivity index (χ2n) is 5.53. The number of rotatable bonds is 3. The molecule has 0 spiro atoms. The highest BCUT2D eigenvalue weighted by Gasteiger charge is 2.46. The Balaban J connectivity index is 2.73. The van der Waals surface area contributed by atoms with Gasteiger partial charge >= 0.3 is 6.18 Å². The van der Waals surface area contributed by atoms with Crippen molar-refractivity contribution in [1.82, 2.24) is 9.80 Å². The highest BCUT2D eigenvalue weighted by atomic mass is 19.4. The van der Waals surface area contributed by atoms with Crippen LogP contribution >= 0.6 is 0 Å². The van der Waals surface area contributed by atoms with Crippen LogP contribution in [0.4, 0.5) is 13.2 Å². The molecular weight excluding hydrogens is 229 g/mol. The van der Waals surface area contributed by atoms with Crippen LogP contribution in [0.15, 0.2) is 0 Å². The van der Waals surface area contributed by atoms with Gasteiger partial charge in [0.05, 0.1) is 0 Å². The second-order valence-corrected chi connectivity index (χ2v) is 5.53. The Morgan fingerprint density at radius 2 is 1.71 bits per heavy atom. The molecule has 17 heavy (non-hydrogen) atoms. The summed E-state index contributed by atoms with van der Waals surface area (Å²) in [5.41, 5.74) is 0. The molecule has 1 heterocycles. The lowest BCUT2D eigenvalue weighted by Gasteiger charge is -2.44. The van der Waals surface area contributed by atoms with Crippen molar-refractivity contribution in [3.05, 3.63) is 0 Å². The maximum absolute atomic E-state index is 13.0. The van der Waals surface area contributed by atoms with E-state index in [1.807, 2.05) is 32.6 Å². The lowest BCUT2D eigenvalue weighted by molar-refractivity contribution is -0.199. The molecule has 2 nitrogen and oxygen atoms in total. The minimum Gasteiger partial charge on any atom is -0.298 e. The average molecular weight is 252 g/mol. The first-order valence-corrected chi connectivity index (χ1v) is 6.26. The molecule has 0 unspecified atom stereocenters. The third kappa shape index (κ3) is 4.14. The molecule has 0 aromatic rings. The van der Waals surface area contributed by atoms with Gasteiger partial charge in [-0.2, -0.15) is 13.2 Å². The Bertz CT molecular complexity index is 238. The van der Waals surface area contributed by atoms with E-state index >= 15 is 0 Å². The SMILES string of the molecule is CC(C)CN1CCN(C(C)C)C[C@@H]1C(F)(F)F. The van der Waals surface area contributed by atoms with Gasteiger partial charge in [0.25, 0.3) is 0 Å². The fourth-order valence-electron chi connectivity index (χ4n) is 2.31. The molecule has 5 heteroatoms. The van der Waals surface area contributed by atoms with Gasteiger partial charge < -0.3 is 0 Å². The Morgan fingerprint density at radius 3 is 2.12 bits per heavy atom. The molecule has 0 aliphatic carbocycles. The van der Waals surface area contributed by atoms with Crippen LogP contribution in [0.1, 0.15) is 27.7 Å². The van der Waals surface area contributed by atoms with Gasteiger partial charge in [-0.3, -0.25) is 9.80 Å².